The van der Waals surface area contributed by atoms with Gasteiger partial charge in [0.25, 0.3) is 5.91 Å². The lowest BCUT2D eigenvalue weighted by molar-refractivity contribution is 0.0374. The third-order valence-electron chi connectivity index (χ3n) is 6.91. The zero-order valence-corrected chi connectivity index (χ0v) is 20.0. The molecule has 7 heteroatoms. The van der Waals surface area contributed by atoms with Crippen LogP contribution in [0.4, 0.5) is 0 Å². The zero-order chi connectivity index (χ0) is 24.1. The Balaban J connectivity index is 1.32. The van der Waals surface area contributed by atoms with Crippen LogP contribution < -0.4 is 5.32 Å². The SMILES string of the molecule is O=C(NCCCN1CCOCC1)c1cnccc1-n1ccc2ccc(C#CC3(O)CCCC3)cc21. The number of pyridine rings is 1. The van der Waals surface area contributed by atoms with E-state index in [0.29, 0.717) is 12.1 Å². The highest BCUT2D eigenvalue weighted by Gasteiger charge is 2.28. The van der Waals surface area contributed by atoms with E-state index in [9.17, 15) is 9.90 Å². The van der Waals surface area contributed by atoms with Crippen LogP contribution in [0, 0.1) is 11.8 Å². The quantitative estimate of drug-likeness (QED) is 0.426. The van der Waals surface area contributed by atoms with Gasteiger partial charge in [-0.25, -0.2) is 0 Å². The number of amides is 1. The van der Waals surface area contributed by atoms with Crippen molar-refractivity contribution >= 4 is 16.8 Å². The van der Waals surface area contributed by atoms with Gasteiger partial charge in [-0.3, -0.25) is 14.7 Å². The Kier molecular flexibility index (Phi) is 7.14. The van der Waals surface area contributed by atoms with Gasteiger partial charge in [0.1, 0.15) is 5.60 Å². The molecule has 2 fully saturated rings. The molecule has 0 radical (unpaired) electrons. The van der Waals surface area contributed by atoms with Gasteiger partial charge in [-0.1, -0.05) is 17.9 Å². The minimum Gasteiger partial charge on any atom is -0.379 e. The number of nitrogens with one attached hydrogen (secondary N) is 1. The summed E-state index contributed by atoms with van der Waals surface area (Å²) in [6, 6.07) is 9.92. The molecular formula is C28H32N4O3. The molecule has 1 aliphatic carbocycles. The van der Waals surface area contributed by atoms with Crippen molar-refractivity contribution < 1.29 is 14.6 Å². The molecule has 182 valence electrons. The number of ether oxygens (including phenoxy) is 1. The summed E-state index contributed by atoms with van der Waals surface area (Å²) in [6.45, 7) is 5.03. The number of nitrogens with zero attached hydrogens (tertiary/aromatic N) is 3. The molecule has 3 aromatic rings. The van der Waals surface area contributed by atoms with Crippen LogP contribution in [0.15, 0.2) is 48.9 Å². The Morgan fingerprint density at radius 2 is 2.00 bits per heavy atom. The van der Waals surface area contributed by atoms with Gasteiger partial charge in [0.15, 0.2) is 0 Å². The van der Waals surface area contributed by atoms with Crippen molar-refractivity contribution in [2.45, 2.75) is 37.7 Å². The fourth-order valence-electron chi connectivity index (χ4n) is 4.89. The first kappa shape index (κ1) is 23.6. The van der Waals surface area contributed by atoms with Crippen LogP contribution in [-0.2, 0) is 4.74 Å². The van der Waals surface area contributed by atoms with Gasteiger partial charge in [-0.05, 0) is 62.9 Å². The lowest BCUT2D eigenvalue weighted by Gasteiger charge is -2.26. The minimum absolute atomic E-state index is 0.128. The van der Waals surface area contributed by atoms with Gasteiger partial charge in [0.05, 0.1) is 30.0 Å². The number of benzene rings is 1. The number of morpholine rings is 1. The van der Waals surface area contributed by atoms with Crippen molar-refractivity contribution in [3.05, 3.63) is 60.0 Å². The van der Waals surface area contributed by atoms with Crippen LogP contribution in [-0.4, -0.2) is 70.5 Å². The predicted octanol–water partition coefficient (Wildman–Crippen LogP) is 3.13. The first-order chi connectivity index (χ1) is 17.1. The lowest BCUT2D eigenvalue weighted by Crippen LogP contribution is -2.38. The third kappa shape index (κ3) is 5.57. The van der Waals surface area contributed by atoms with E-state index in [1.165, 1.54) is 0 Å². The third-order valence-corrected chi connectivity index (χ3v) is 6.91. The van der Waals surface area contributed by atoms with Crippen LogP contribution >= 0.6 is 0 Å². The Morgan fingerprint density at radius 1 is 1.17 bits per heavy atom. The summed E-state index contributed by atoms with van der Waals surface area (Å²) in [5.74, 6) is 6.13. The maximum absolute atomic E-state index is 13.1. The lowest BCUT2D eigenvalue weighted by atomic mass is 10.0. The summed E-state index contributed by atoms with van der Waals surface area (Å²) < 4.78 is 7.40. The summed E-state index contributed by atoms with van der Waals surface area (Å²) in [5.41, 5.74) is 2.26. The maximum atomic E-state index is 13.1. The van der Waals surface area contributed by atoms with Crippen molar-refractivity contribution in [3.63, 3.8) is 0 Å². The van der Waals surface area contributed by atoms with Gasteiger partial charge in [0, 0.05) is 49.2 Å². The van der Waals surface area contributed by atoms with Crippen LogP contribution in [0.1, 0.15) is 48.0 Å². The van der Waals surface area contributed by atoms with E-state index in [-0.39, 0.29) is 5.91 Å². The number of aliphatic hydroxyl groups is 1. The molecule has 1 amide bonds. The molecule has 1 aliphatic heterocycles. The second kappa shape index (κ2) is 10.6. The van der Waals surface area contributed by atoms with E-state index >= 15 is 0 Å². The molecule has 0 unspecified atom stereocenters. The van der Waals surface area contributed by atoms with Gasteiger partial charge in [-0.2, -0.15) is 0 Å². The molecule has 1 aromatic carbocycles. The molecule has 2 N–H and O–H groups in total. The maximum Gasteiger partial charge on any atom is 0.254 e. The number of fused-ring (bicyclic) bond motifs is 1. The Hall–Kier alpha value is -3.18. The molecule has 0 atom stereocenters. The highest BCUT2D eigenvalue weighted by Crippen LogP contribution is 2.29. The molecule has 35 heavy (non-hydrogen) atoms. The van der Waals surface area contributed by atoms with Crippen molar-refractivity contribution in [2.24, 2.45) is 0 Å². The Bertz CT molecular complexity index is 1240. The molecular weight excluding hydrogens is 440 g/mol. The average Bonchev–Trinajstić information content (AvgIpc) is 3.52. The average molecular weight is 473 g/mol. The summed E-state index contributed by atoms with van der Waals surface area (Å²) in [4.78, 5) is 19.6. The molecule has 1 saturated heterocycles. The number of rotatable bonds is 6. The summed E-state index contributed by atoms with van der Waals surface area (Å²) in [6.07, 6.45) is 9.70. The summed E-state index contributed by atoms with van der Waals surface area (Å²) in [5, 5.41) is 14.7. The highest BCUT2D eigenvalue weighted by atomic mass is 16.5. The van der Waals surface area contributed by atoms with Crippen molar-refractivity contribution in [3.8, 4) is 17.5 Å². The molecule has 3 heterocycles. The number of hydrogen-bond acceptors (Lipinski definition) is 5. The van der Waals surface area contributed by atoms with Gasteiger partial charge in [-0.15, -0.1) is 0 Å². The molecule has 5 rings (SSSR count). The molecule has 2 aromatic heterocycles. The first-order valence-electron chi connectivity index (χ1n) is 12.5. The van der Waals surface area contributed by atoms with Crippen molar-refractivity contribution in [1.29, 1.82) is 0 Å². The number of hydrogen-bond donors (Lipinski definition) is 2. The van der Waals surface area contributed by atoms with E-state index in [0.717, 1.165) is 87.1 Å². The highest BCUT2D eigenvalue weighted by molar-refractivity contribution is 5.98. The monoisotopic (exact) mass is 472 g/mol. The smallest absolute Gasteiger partial charge is 0.254 e. The number of carbonyl (C=O) groups excluding carboxylic acids is 1. The van der Waals surface area contributed by atoms with Crippen LogP contribution in [0.5, 0.6) is 0 Å². The molecule has 2 aliphatic rings. The van der Waals surface area contributed by atoms with Crippen molar-refractivity contribution in [2.75, 3.05) is 39.4 Å². The number of aromatic nitrogens is 2. The Labute approximate surface area is 206 Å². The molecule has 1 saturated carbocycles. The standard InChI is InChI=1S/C28H32N4O3/c33-27(30-12-3-14-31-16-18-35-19-17-31)24-21-29-13-7-25(24)32-15-8-23-5-4-22(20-26(23)32)6-11-28(34)9-1-2-10-28/h4-5,7-8,13,15,20-21,34H,1-3,9-10,12,14,16-19H2,(H,30,33). The van der Waals surface area contributed by atoms with E-state index in [1.807, 2.05) is 41.1 Å². The largest absolute Gasteiger partial charge is 0.379 e. The first-order valence-corrected chi connectivity index (χ1v) is 12.5. The van der Waals surface area contributed by atoms with E-state index in [4.69, 9.17) is 4.74 Å². The Morgan fingerprint density at radius 3 is 2.83 bits per heavy atom. The second-order valence-electron chi connectivity index (χ2n) is 9.40. The van der Waals surface area contributed by atoms with Crippen LogP contribution in [0.25, 0.3) is 16.6 Å². The fourth-order valence-corrected chi connectivity index (χ4v) is 4.89. The molecule has 0 spiro atoms. The second-order valence-corrected chi connectivity index (χ2v) is 9.40. The minimum atomic E-state index is -0.866. The van der Waals surface area contributed by atoms with E-state index in [2.05, 4.69) is 27.0 Å². The number of carbonyl (C=O) groups is 1. The summed E-state index contributed by atoms with van der Waals surface area (Å²) in [7, 11) is 0. The van der Waals surface area contributed by atoms with Gasteiger partial charge >= 0.3 is 0 Å². The fraction of sp³-hybridized carbons (Fsp3) is 0.429. The topological polar surface area (TPSA) is 79.6 Å². The van der Waals surface area contributed by atoms with E-state index in [1.54, 1.807) is 12.4 Å². The molecule has 0 bridgehead atoms. The zero-order valence-electron chi connectivity index (χ0n) is 20.0. The van der Waals surface area contributed by atoms with Gasteiger partial charge in [0.2, 0.25) is 0 Å². The van der Waals surface area contributed by atoms with Crippen LogP contribution in [0.2, 0.25) is 0 Å². The van der Waals surface area contributed by atoms with E-state index < -0.39 is 5.60 Å². The predicted molar refractivity (Wildman–Crippen MR) is 136 cm³/mol. The molecule has 7 nitrogen and oxygen atoms in total. The van der Waals surface area contributed by atoms with Gasteiger partial charge < -0.3 is 19.7 Å². The normalized spacial score (nSPS) is 17.7. The van der Waals surface area contributed by atoms with Crippen LogP contribution in [0.3, 0.4) is 0 Å². The summed E-state index contributed by atoms with van der Waals surface area (Å²) >= 11 is 0. The van der Waals surface area contributed by atoms with Crippen molar-refractivity contribution in [1.82, 2.24) is 19.8 Å².